The standard InChI is InChI=1S/C21H17N3O2S/c1-24(13-18-22-17-11-12-27-19(17)20(25)23-18)21(26)16-10-6-5-9-15(16)14-7-3-2-4-8-14/h2-12H,13H2,1H3,(H,22,23,25). The van der Waals surface area contributed by atoms with Gasteiger partial charge in [0.2, 0.25) is 0 Å². The fourth-order valence-electron chi connectivity index (χ4n) is 3.04. The van der Waals surface area contributed by atoms with Gasteiger partial charge in [-0.2, -0.15) is 0 Å². The van der Waals surface area contributed by atoms with Crippen LogP contribution >= 0.6 is 11.3 Å². The number of fused-ring (bicyclic) bond motifs is 1. The molecule has 1 amide bonds. The third-order valence-corrected chi connectivity index (χ3v) is 5.24. The van der Waals surface area contributed by atoms with Crippen LogP contribution in [-0.4, -0.2) is 27.8 Å². The lowest BCUT2D eigenvalue weighted by Gasteiger charge is -2.18. The first-order valence-corrected chi connectivity index (χ1v) is 9.38. The number of aromatic nitrogens is 2. The molecule has 1 N–H and O–H groups in total. The first-order valence-electron chi connectivity index (χ1n) is 8.50. The number of nitrogens with zero attached hydrogens (tertiary/aromatic N) is 2. The molecule has 0 bridgehead atoms. The Morgan fingerprint density at radius 3 is 2.63 bits per heavy atom. The zero-order chi connectivity index (χ0) is 18.8. The molecule has 134 valence electrons. The Bertz CT molecular complexity index is 1160. The molecular weight excluding hydrogens is 358 g/mol. The molecule has 0 saturated carbocycles. The summed E-state index contributed by atoms with van der Waals surface area (Å²) in [4.78, 5) is 34.0. The average Bonchev–Trinajstić information content (AvgIpc) is 3.17. The van der Waals surface area contributed by atoms with Crippen LogP contribution in [-0.2, 0) is 6.54 Å². The van der Waals surface area contributed by atoms with E-state index in [1.54, 1.807) is 11.9 Å². The molecule has 0 spiro atoms. The summed E-state index contributed by atoms with van der Waals surface area (Å²) in [5, 5.41) is 1.83. The van der Waals surface area contributed by atoms with Gasteiger partial charge in [0.05, 0.1) is 12.1 Å². The lowest BCUT2D eigenvalue weighted by Crippen LogP contribution is -2.28. The molecule has 0 radical (unpaired) electrons. The normalized spacial score (nSPS) is 10.9. The largest absolute Gasteiger partial charge is 0.334 e. The topological polar surface area (TPSA) is 66.1 Å². The number of hydrogen-bond acceptors (Lipinski definition) is 4. The van der Waals surface area contributed by atoms with Crippen LogP contribution in [0.5, 0.6) is 0 Å². The fraction of sp³-hybridized carbons (Fsp3) is 0.0952. The number of aromatic amines is 1. The highest BCUT2D eigenvalue weighted by molar-refractivity contribution is 7.17. The molecule has 4 rings (SSSR count). The number of benzene rings is 2. The maximum absolute atomic E-state index is 13.0. The number of carbonyl (C=O) groups excluding carboxylic acids is 1. The third-order valence-electron chi connectivity index (χ3n) is 4.34. The zero-order valence-corrected chi connectivity index (χ0v) is 15.5. The molecule has 2 aromatic heterocycles. The van der Waals surface area contributed by atoms with Crippen molar-refractivity contribution in [1.29, 1.82) is 0 Å². The van der Waals surface area contributed by atoms with Gasteiger partial charge in [-0.3, -0.25) is 9.59 Å². The fourth-order valence-corrected chi connectivity index (χ4v) is 3.76. The van der Waals surface area contributed by atoms with Crippen LogP contribution in [0.25, 0.3) is 21.3 Å². The summed E-state index contributed by atoms with van der Waals surface area (Å²) in [6, 6.07) is 19.1. The second-order valence-corrected chi connectivity index (χ2v) is 7.14. The second kappa shape index (κ2) is 7.17. The van der Waals surface area contributed by atoms with Crippen molar-refractivity contribution in [1.82, 2.24) is 14.9 Å². The van der Waals surface area contributed by atoms with Gasteiger partial charge in [0.1, 0.15) is 10.5 Å². The molecule has 0 aliphatic heterocycles. The first kappa shape index (κ1) is 17.2. The van der Waals surface area contributed by atoms with Crippen LogP contribution < -0.4 is 5.56 Å². The van der Waals surface area contributed by atoms with E-state index in [1.807, 2.05) is 66.0 Å². The van der Waals surface area contributed by atoms with E-state index < -0.39 is 0 Å². The zero-order valence-electron chi connectivity index (χ0n) is 14.7. The van der Waals surface area contributed by atoms with Gasteiger partial charge in [0.15, 0.2) is 0 Å². The van der Waals surface area contributed by atoms with Crippen molar-refractivity contribution < 1.29 is 4.79 Å². The molecule has 0 fully saturated rings. The molecule has 0 atom stereocenters. The lowest BCUT2D eigenvalue weighted by molar-refractivity contribution is 0.0782. The average molecular weight is 375 g/mol. The number of H-pyrrole nitrogens is 1. The van der Waals surface area contributed by atoms with Gasteiger partial charge in [0.25, 0.3) is 11.5 Å². The Morgan fingerprint density at radius 2 is 1.81 bits per heavy atom. The quantitative estimate of drug-likeness (QED) is 0.588. The van der Waals surface area contributed by atoms with Gasteiger partial charge >= 0.3 is 0 Å². The predicted octanol–water partition coefficient (Wildman–Crippen LogP) is 3.92. The minimum absolute atomic E-state index is 0.123. The minimum Gasteiger partial charge on any atom is -0.334 e. The highest BCUT2D eigenvalue weighted by atomic mass is 32.1. The number of nitrogens with one attached hydrogen (secondary N) is 1. The summed E-state index contributed by atoms with van der Waals surface area (Å²) in [5.41, 5.74) is 2.97. The monoisotopic (exact) mass is 375 g/mol. The second-order valence-electron chi connectivity index (χ2n) is 6.22. The van der Waals surface area contributed by atoms with Gasteiger partial charge < -0.3 is 9.88 Å². The maximum Gasteiger partial charge on any atom is 0.268 e. The van der Waals surface area contributed by atoms with Crippen LogP contribution in [0.3, 0.4) is 0 Å². The lowest BCUT2D eigenvalue weighted by atomic mass is 9.99. The van der Waals surface area contributed by atoms with Crippen LogP contribution in [0.15, 0.2) is 70.8 Å². The maximum atomic E-state index is 13.0. The summed E-state index contributed by atoms with van der Waals surface area (Å²) in [6.45, 7) is 0.225. The summed E-state index contributed by atoms with van der Waals surface area (Å²) < 4.78 is 0.599. The van der Waals surface area contributed by atoms with Crippen molar-refractivity contribution in [2.75, 3.05) is 7.05 Å². The van der Waals surface area contributed by atoms with Gasteiger partial charge in [0, 0.05) is 12.6 Å². The van der Waals surface area contributed by atoms with Crippen LogP contribution in [0.2, 0.25) is 0 Å². The van der Waals surface area contributed by atoms with Crippen molar-refractivity contribution in [2.45, 2.75) is 6.54 Å². The van der Waals surface area contributed by atoms with Crippen LogP contribution in [0, 0.1) is 0 Å². The number of thiophene rings is 1. The van der Waals surface area contributed by atoms with Crippen molar-refractivity contribution in [2.24, 2.45) is 0 Å². The molecule has 0 aliphatic rings. The predicted molar refractivity (Wildman–Crippen MR) is 108 cm³/mol. The van der Waals surface area contributed by atoms with E-state index >= 15 is 0 Å². The van der Waals surface area contributed by atoms with E-state index in [1.165, 1.54) is 11.3 Å². The van der Waals surface area contributed by atoms with Crippen LogP contribution in [0.1, 0.15) is 16.2 Å². The Labute approximate surface area is 159 Å². The molecule has 6 heteroatoms. The van der Waals surface area contributed by atoms with Gasteiger partial charge in [-0.1, -0.05) is 48.5 Å². The highest BCUT2D eigenvalue weighted by Gasteiger charge is 2.18. The number of rotatable bonds is 4. The molecule has 2 aromatic carbocycles. The molecule has 27 heavy (non-hydrogen) atoms. The van der Waals surface area contributed by atoms with E-state index in [-0.39, 0.29) is 18.0 Å². The van der Waals surface area contributed by atoms with Gasteiger partial charge in [-0.05, 0) is 28.6 Å². The van der Waals surface area contributed by atoms with Gasteiger partial charge in [-0.25, -0.2) is 4.98 Å². The summed E-state index contributed by atoms with van der Waals surface area (Å²) in [7, 11) is 1.71. The summed E-state index contributed by atoms with van der Waals surface area (Å²) >= 11 is 1.36. The van der Waals surface area contributed by atoms with E-state index in [0.717, 1.165) is 11.1 Å². The third kappa shape index (κ3) is 3.39. The van der Waals surface area contributed by atoms with E-state index in [4.69, 9.17) is 0 Å². The smallest absolute Gasteiger partial charge is 0.268 e. The van der Waals surface area contributed by atoms with Crippen molar-refractivity contribution in [3.8, 4) is 11.1 Å². The summed E-state index contributed by atoms with van der Waals surface area (Å²) in [6.07, 6.45) is 0. The number of hydrogen-bond donors (Lipinski definition) is 1. The first-order chi connectivity index (χ1) is 13.1. The van der Waals surface area contributed by atoms with Crippen molar-refractivity contribution >= 4 is 27.5 Å². The summed E-state index contributed by atoms with van der Waals surface area (Å²) in [5.74, 6) is 0.349. The van der Waals surface area contributed by atoms with Gasteiger partial charge in [-0.15, -0.1) is 11.3 Å². The Balaban J connectivity index is 1.64. The van der Waals surface area contributed by atoms with Crippen molar-refractivity contribution in [3.63, 3.8) is 0 Å². The molecular formula is C21H17N3O2S. The number of amides is 1. The Hall–Kier alpha value is -3.25. The molecule has 2 heterocycles. The number of carbonyl (C=O) groups is 1. The molecule has 4 aromatic rings. The Morgan fingerprint density at radius 1 is 1.07 bits per heavy atom. The molecule has 0 unspecified atom stereocenters. The van der Waals surface area contributed by atoms with Crippen molar-refractivity contribution in [3.05, 3.63) is 87.8 Å². The van der Waals surface area contributed by atoms with E-state index in [0.29, 0.717) is 21.6 Å². The van der Waals surface area contributed by atoms with E-state index in [9.17, 15) is 9.59 Å². The highest BCUT2D eigenvalue weighted by Crippen LogP contribution is 2.24. The molecule has 0 aliphatic carbocycles. The van der Waals surface area contributed by atoms with E-state index in [2.05, 4.69) is 9.97 Å². The Kier molecular flexibility index (Phi) is 4.56. The minimum atomic E-state index is -0.171. The molecule has 5 nitrogen and oxygen atoms in total. The SMILES string of the molecule is CN(Cc1nc2ccsc2c(=O)[nH]1)C(=O)c1ccccc1-c1ccccc1. The molecule has 0 saturated heterocycles. The van der Waals surface area contributed by atoms with Crippen LogP contribution in [0.4, 0.5) is 0 Å².